The van der Waals surface area contributed by atoms with E-state index >= 15 is 0 Å². The average molecular weight is 1660 g/mol. The molecule has 0 bridgehead atoms. The highest BCUT2D eigenvalue weighted by Crippen LogP contribution is 2.49. The van der Waals surface area contributed by atoms with E-state index in [2.05, 4.69) is 230 Å². The van der Waals surface area contributed by atoms with Gasteiger partial charge in [0, 0.05) is 175 Å². The number of aromatic nitrogens is 9. The van der Waals surface area contributed by atoms with Gasteiger partial charge in [-0.1, -0.05) is 60.3 Å². The van der Waals surface area contributed by atoms with E-state index in [1.165, 1.54) is 0 Å². The third-order valence-corrected chi connectivity index (χ3v) is 25.1. The third-order valence-electron chi connectivity index (χ3n) is 25.1. The summed E-state index contributed by atoms with van der Waals surface area (Å²) in [6.45, 7) is 64.6. The summed E-state index contributed by atoms with van der Waals surface area (Å²) in [4.78, 5) is 103. The zero-order valence-electron chi connectivity index (χ0n) is 81.3. The van der Waals surface area contributed by atoms with Crippen LogP contribution >= 0.6 is 0 Å². The summed E-state index contributed by atoms with van der Waals surface area (Å²) < 4.78 is 0. The number of nitrogens with zero attached hydrogens (tertiary/aromatic N) is 23. The summed E-state index contributed by atoms with van der Waals surface area (Å²) in [6, 6.07) is 0.529. The largest absolute Gasteiger partial charge is 0.347 e. The molecule has 28 heteroatoms. The third kappa shape index (κ3) is 24.2. The molecule has 28 nitrogen and oxygen atoms in total. The molecule has 5 fully saturated rings. The van der Waals surface area contributed by atoms with Crippen molar-refractivity contribution in [1.29, 1.82) is 0 Å². The van der Waals surface area contributed by atoms with Gasteiger partial charge < -0.3 is 44.1 Å². The van der Waals surface area contributed by atoms with Crippen molar-refractivity contribution in [2.45, 2.75) is 406 Å². The van der Waals surface area contributed by atoms with Gasteiger partial charge in [0.25, 0.3) is 0 Å². The van der Waals surface area contributed by atoms with Gasteiger partial charge in [0.15, 0.2) is 0 Å². The lowest BCUT2D eigenvalue weighted by Gasteiger charge is -2.56. The van der Waals surface area contributed by atoms with Crippen LogP contribution < -0.4 is 44.1 Å². The maximum absolute atomic E-state index is 6.82. The lowest BCUT2D eigenvalue weighted by atomic mass is 9.78. The smallest absolute Gasteiger partial charge is 0.232 e. The van der Waals surface area contributed by atoms with Crippen LogP contribution in [-0.4, -0.2) is 278 Å². The normalized spacial score (nSPS) is 21.7. The number of piperidine rings is 5. The van der Waals surface area contributed by atoms with Gasteiger partial charge in [0.05, 0.1) is 33.0 Å². The summed E-state index contributed by atoms with van der Waals surface area (Å²) in [5, 5.41) is 11.5. The Bertz CT molecular complexity index is 3250. The second kappa shape index (κ2) is 40.2. The Hall–Kier alpha value is -5.17. The Morgan fingerprint density at radius 3 is 0.551 bits per heavy atom. The van der Waals surface area contributed by atoms with Crippen LogP contribution in [0.2, 0.25) is 0 Å². The summed E-state index contributed by atoms with van der Waals surface area (Å²) in [5.41, 5.74) is -2.85. The molecular weight excluding hydrogens is 1480 g/mol. The van der Waals surface area contributed by atoms with Crippen LogP contribution in [0.3, 0.4) is 0 Å². The predicted octanol–water partition coefficient (Wildman–Crippen LogP) is 16.5. The molecule has 5 aliphatic rings. The molecule has 8 heterocycles. The van der Waals surface area contributed by atoms with Gasteiger partial charge in [-0.2, -0.15) is 70.2 Å². The zero-order chi connectivity index (χ0) is 87.7. The lowest BCUT2D eigenvalue weighted by molar-refractivity contribution is -0.282. The Kier molecular flexibility index (Phi) is 33.5. The molecule has 0 saturated carbocycles. The quantitative estimate of drug-likeness (QED) is 0.0483. The number of hydroxylamine groups is 10. The van der Waals surface area contributed by atoms with Crippen LogP contribution in [0.25, 0.3) is 0 Å². The number of hydrogen-bond acceptors (Lipinski definition) is 28. The van der Waals surface area contributed by atoms with Crippen molar-refractivity contribution in [1.82, 2.24) is 70.2 Å². The minimum absolute atomic E-state index is 0.0668. The van der Waals surface area contributed by atoms with Crippen molar-refractivity contribution < 1.29 is 24.2 Å². The van der Waals surface area contributed by atoms with E-state index in [9.17, 15) is 0 Å². The summed E-state index contributed by atoms with van der Waals surface area (Å²) in [6.07, 6.45) is 21.3. The molecule has 676 valence electrons. The molecule has 0 unspecified atom stereocenters. The highest BCUT2D eigenvalue weighted by molar-refractivity contribution is 5.51. The van der Waals surface area contributed by atoms with Gasteiger partial charge in [0.1, 0.15) is 0 Å². The Morgan fingerprint density at radius 1 is 0.229 bits per heavy atom. The molecule has 0 N–H and O–H groups in total. The SMILES string of the molecule is CCCON1C(C)(C)CC(N(C)c2nc(N(CCCCCCN(c3nc(N(C)C)nc(N(C)C)n3)C3CC(C)(C)N(OCCC)C(C)(C)C3)C3CC(C)(C)N(OCCC)C(C)(C)C3)nc(N(CCCCCCN(c3nc(N(C)C)nc(N(C)C)n3)C3CC(C)(C)N(OCCC)C(C)(C)C3)C3CC(C)(C)N(OCCC)C(C)(C)C3)n2)CC1(C)C. The highest BCUT2D eigenvalue weighted by Gasteiger charge is 2.55. The van der Waals surface area contributed by atoms with E-state index in [4.69, 9.17) is 69.0 Å². The first-order chi connectivity index (χ1) is 54.9. The Morgan fingerprint density at radius 2 is 0.381 bits per heavy atom. The molecule has 118 heavy (non-hydrogen) atoms. The van der Waals surface area contributed by atoms with Crippen molar-refractivity contribution in [2.75, 3.05) is 167 Å². The van der Waals surface area contributed by atoms with Gasteiger partial charge in [-0.15, -0.1) is 0 Å². The molecule has 0 atom stereocenters. The topological polar surface area (TPSA) is 208 Å². The first-order valence-electron chi connectivity index (χ1n) is 45.9. The number of unbranched alkanes of at least 4 members (excludes halogenated alkanes) is 6. The van der Waals surface area contributed by atoms with E-state index < -0.39 is 0 Å². The minimum Gasteiger partial charge on any atom is -0.347 e. The van der Waals surface area contributed by atoms with E-state index in [0.717, 1.165) is 198 Å². The second-order valence-corrected chi connectivity index (χ2v) is 42.6. The van der Waals surface area contributed by atoms with Crippen LogP contribution in [0.5, 0.6) is 0 Å². The van der Waals surface area contributed by atoms with Gasteiger partial charge in [0.2, 0.25) is 53.5 Å². The van der Waals surface area contributed by atoms with Crippen LogP contribution in [-0.2, 0) is 24.2 Å². The summed E-state index contributed by atoms with van der Waals surface area (Å²) in [5.74, 6) is 6.26. The molecule has 0 aromatic carbocycles. The van der Waals surface area contributed by atoms with Crippen molar-refractivity contribution in [3.05, 3.63) is 0 Å². The van der Waals surface area contributed by atoms with E-state index in [1.54, 1.807) is 0 Å². The second-order valence-electron chi connectivity index (χ2n) is 42.6. The number of rotatable bonds is 43. The first-order valence-corrected chi connectivity index (χ1v) is 45.9. The number of anilines is 9. The molecule has 5 saturated heterocycles. The lowest BCUT2D eigenvalue weighted by Crippen LogP contribution is -2.64. The van der Waals surface area contributed by atoms with Crippen LogP contribution in [0.4, 0.5) is 53.5 Å². The van der Waals surface area contributed by atoms with Crippen LogP contribution in [0.1, 0.15) is 321 Å². The summed E-state index contributed by atoms with van der Waals surface area (Å²) >= 11 is 0. The van der Waals surface area contributed by atoms with E-state index in [0.29, 0.717) is 62.8 Å². The molecule has 5 aliphatic heterocycles. The van der Waals surface area contributed by atoms with Gasteiger partial charge >= 0.3 is 0 Å². The monoisotopic (exact) mass is 1650 g/mol. The van der Waals surface area contributed by atoms with Crippen molar-refractivity contribution in [3.63, 3.8) is 0 Å². The molecule has 0 spiro atoms. The zero-order valence-corrected chi connectivity index (χ0v) is 81.3. The maximum atomic E-state index is 6.82. The molecule has 8 rings (SSSR count). The minimum atomic E-state index is -0.323. The van der Waals surface area contributed by atoms with Gasteiger partial charge in [-0.05, 0) is 260 Å². The molecule has 0 aliphatic carbocycles. The van der Waals surface area contributed by atoms with Crippen molar-refractivity contribution >= 4 is 53.5 Å². The number of hydrogen-bond donors (Lipinski definition) is 0. The fourth-order valence-electron chi connectivity index (χ4n) is 21.2. The van der Waals surface area contributed by atoms with Crippen LogP contribution in [0.15, 0.2) is 0 Å². The van der Waals surface area contributed by atoms with Crippen LogP contribution in [0, 0.1) is 0 Å². The van der Waals surface area contributed by atoms with Gasteiger partial charge in [-0.3, -0.25) is 24.2 Å². The predicted molar refractivity (Wildman–Crippen MR) is 488 cm³/mol. The molecule has 0 radical (unpaired) electrons. The Labute approximate surface area is 717 Å². The van der Waals surface area contributed by atoms with Crippen molar-refractivity contribution in [3.8, 4) is 0 Å². The Balaban J connectivity index is 1.21. The fraction of sp³-hybridized carbons (Fsp3) is 0.900. The fourth-order valence-corrected chi connectivity index (χ4v) is 21.2. The van der Waals surface area contributed by atoms with E-state index in [-0.39, 0.29) is 85.6 Å². The van der Waals surface area contributed by atoms with E-state index in [1.807, 2.05) is 76.0 Å². The average Bonchev–Trinajstić information content (AvgIpc) is 0.769. The molecule has 3 aromatic rings. The highest BCUT2D eigenvalue weighted by atomic mass is 16.7. The molecular formula is C90H171N23O5. The standard InChI is InChI=1S/C90H171N23O5/c1-35-52-114-109-81(6,7)57-67(58-82(109,8)9)104(34)76-97-79(107(70-63-87(18,19)112(117-55-38-4)88(20,21)64-70)50-46-42-40-44-48-105(77-93-72(100(26)27)91-73(94-77)101(28)29)68-59-83(10,11)110(115-53-36-2)84(12,13)60-68)99-80(98-76)108(71-65-89(22,23)113(118-56-39-5)90(24,25)66-71)51-47-43-41-45-49-106(78-95-74(102(30)31)92-75(96-78)103(32)33)69-61-85(14,15)111(116-54-37-3)86(16,17)62-69/h67-71H,35-66H2,1-34H3. The molecule has 3 aromatic heterocycles. The molecule has 0 amide bonds. The summed E-state index contributed by atoms with van der Waals surface area (Å²) in [7, 11) is 18.4. The van der Waals surface area contributed by atoms with Crippen molar-refractivity contribution in [2.24, 2.45) is 0 Å². The first kappa shape index (κ1) is 98.3. The maximum Gasteiger partial charge on any atom is 0.232 e. The van der Waals surface area contributed by atoms with Gasteiger partial charge in [-0.25, -0.2) is 0 Å².